The Hall–Kier alpha value is -1.53. The zero-order valence-electron chi connectivity index (χ0n) is 11.3. The number of aliphatic hydroxyl groups is 1. The van der Waals surface area contributed by atoms with E-state index in [-0.39, 0.29) is 12.5 Å². The van der Waals surface area contributed by atoms with Gasteiger partial charge in [0, 0.05) is 11.3 Å². The molecule has 0 aliphatic carbocycles. The third-order valence-corrected chi connectivity index (χ3v) is 3.75. The fourth-order valence-corrected chi connectivity index (χ4v) is 2.25. The van der Waals surface area contributed by atoms with E-state index in [0.717, 1.165) is 17.6 Å². The molecule has 0 bridgehead atoms. The van der Waals surface area contributed by atoms with Crippen molar-refractivity contribution in [3.8, 4) is 0 Å². The summed E-state index contributed by atoms with van der Waals surface area (Å²) < 4.78 is 0. The van der Waals surface area contributed by atoms with E-state index in [0.29, 0.717) is 12.8 Å². The number of carboxylic acid groups (broad SMARTS) is 1. The molecule has 20 heavy (non-hydrogen) atoms. The Bertz CT molecular complexity index is 448. The third-order valence-electron chi connectivity index (χ3n) is 2.65. The summed E-state index contributed by atoms with van der Waals surface area (Å²) >= 11 is 1.67. The Kier molecular flexibility index (Phi) is 6.54. The van der Waals surface area contributed by atoms with Gasteiger partial charge in [-0.15, -0.1) is 11.8 Å². The Morgan fingerprint density at radius 3 is 2.55 bits per heavy atom. The van der Waals surface area contributed by atoms with Gasteiger partial charge in [-0.2, -0.15) is 0 Å². The zero-order chi connectivity index (χ0) is 15.0. The summed E-state index contributed by atoms with van der Waals surface area (Å²) in [7, 11) is 0. The molecule has 0 aromatic heterocycles. The Labute approximate surface area is 122 Å². The largest absolute Gasteiger partial charge is 0.479 e. The average molecular weight is 297 g/mol. The molecule has 0 fully saturated rings. The minimum atomic E-state index is -1.92. The molecule has 0 saturated heterocycles. The SMILES string of the molecule is CC(O)(CNC(=O)CCCSc1ccccc1)C(=O)O. The van der Waals surface area contributed by atoms with Crippen LogP contribution in [0.3, 0.4) is 0 Å². The monoisotopic (exact) mass is 297 g/mol. The van der Waals surface area contributed by atoms with Crippen LogP contribution in [-0.2, 0) is 9.59 Å². The molecule has 0 aliphatic heterocycles. The van der Waals surface area contributed by atoms with Crippen LogP contribution in [0.2, 0.25) is 0 Å². The number of rotatable bonds is 8. The molecule has 3 N–H and O–H groups in total. The number of amides is 1. The second-order valence-electron chi connectivity index (χ2n) is 4.62. The van der Waals surface area contributed by atoms with Gasteiger partial charge in [0.2, 0.25) is 5.91 Å². The van der Waals surface area contributed by atoms with Crippen molar-refractivity contribution < 1.29 is 19.8 Å². The topological polar surface area (TPSA) is 86.6 Å². The van der Waals surface area contributed by atoms with Gasteiger partial charge in [0.1, 0.15) is 0 Å². The molecule has 1 rings (SSSR count). The van der Waals surface area contributed by atoms with Gasteiger partial charge in [0.15, 0.2) is 5.60 Å². The van der Waals surface area contributed by atoms with Crippen LogP contribution in [0.5, 0.6) is 0 Å². The van der Waals surface area contributed by atoms with Crippen molar-refractivity contribution in [1.29, 1.82) is 0 Å². The Morgan fingerprint density at radius 1 is 1.30 bits per heavy atom. The predicted octanol–water partition coefficient (Wildman–Crippen LogP) is 1.51. The third kappa shape index (κ3) is 6.08. The van der Waals surface area contributed by atoms with Gasteiger partial charge in [-0.3, -0.25) is 4.79 Å². The molecule has 0 aliphatic rings. The number of carbonyl (C=O) groups excluding carboxylic acids is 1. The minimum absolute atomic E-state index is 0.250. The van der Waals surface area contributed by atoms with Crippen molar-refractivity contribution >= 4 is 23.6 Å². The summed E-state index contributed by atoms with van der Waals surface area (Å²) in [5.41, 5.74) is -1.92. The summed E-state index contributed by atoms with van der Waals surface area (Å²) in [5, 5.41) is 20.6. The molecule has 5 nitrogen and oxygen atoms in total. The first kappa shape index (κ1) is 16.5. The molecular weight excluding hydrogens is 278 g/mol. The van der Waals surface area contributed by atoms with E-state index in [1.54, 1.807) is 11.8 Å². The zero-order valence-corrected chi connectivity index (χ0v) is 12.2. The van der Waals surface area contributed by atoms with E-state index in [4.69, 9.17) is 5.11 Å². The lowest BCUT2D eigenvalue weighted by Gasteiger charge is -2.18. The van der Waals surface area contributed by atoms with Crippen LogP contribution >= 0.6 is 11.8 Å². The maximum Gasteiger partial charge on any atom is 0.337 e. The van der Waals surface area contributed by atoms with E-state index < -0.39 is 11.6 Å². The lowest BCUT2D eigenvalue weighted by Crippen LogP contribution is -2.46. The van der Waals surface area contributed by atoms with Gasteiger partial charge in [0.25, 0.3) is 0 Å². The number of carbonyl (C=O) groups is 2. The molecule has 1 amide bonds. The molecular formula is C14H19NO4S. The second-order valence-corrected chi connectivity index (χ2v) is 5.79. The van der Waals surface area contributed by atoms with Gasteiger partial charge >= 0.3 is 5.97 Å². The number of thioether (sulfide) groups is 1. The number of aliphatic carboxylic acids is 1. The Balaban J connectivity index is 2.16. The van der Waals surface area contributed by atoms with Crippen LogP contribution in [-0.4, -0.2) is 40.0 Å². The van der Waals surface area contributed by atoms with Gasteiger partial charge in [-0.1, -0.05) is 18.2 Å². The van der Waals surface area contributed by atoms with E-state index >= 15 is 0 Å². The quantitative estimate of drug-likeness (QED) is 0.500. The van der Waals surface area contributed by atoms with Crippen molar-refractivity contribution in [3.63, 3.8) is 0 Å². The molecule has 1 unspecified atom stereocenters. The highest BCUT2D eigenvalue weighted by molar-refractivity contribution is 7.99. The van der Waals surface area contributed by atoms with Crippen LogP contribution in [0, 0.1) is 0 Å². The normalized spacial score (nSPS) is 13.5. The fourth-order valence-electron chi connectivity index (χ4n) is 1.37. The molecule has 1 aromatic rings. The standard InChI is InChI=1S/C14H19NO4S/c1-14(19,13(17)18)10-15-12(16)8-5-9-20-11-6-3-2-4-7-11/h2-4,6-7,19H,5,8-10H2,1H3,(H,15,16)(H,17,18). The van der Waals surface area contributed by atoms with Crippen molar-refractivity contribution in [3.05, 3.63) is 30.3 Å². The summed E-state index contributed by atoms with van der Waals surface area (Å²) in [4.78, 5) is 23.3. The number of benzene rings is 1. The van der Waals surface area contributed by atoms with Crippen LogP contribution in [0.15, 0.2) is 35.2 Å². The summed E-state index contributed by atoms with van der Waals surface area (Å²) in [5.74, 6) is -0.787. The molecule has 0 spiro atoms. The predicted molar refractivity (Wildman–Crippen MR) is 77.7 cm³/mol. The van der Waals surface area contributed by atoms with Crippen molar-refractivity contribution in [1.82, 2.24) is 5.32 Å². The molecule has 0 saturated carbocycles. The summed E-state index contributed by atoms with van der Waals surface area (Å²) in [6, 6.07) is 9.89. The first-order valence-corrected chi connectivity index (χ1v) is 7.31. The highest BCUT2D eigenvalue weighted by Crippen LogP contribution is 2.18. The van der Waals surface area contributed by atoms with Gasteiger partial charge in [0.05, 0.1) is 6.54 Å². The maximum atomic E-state index is 11.5. The molecule has 110 valence electrons. The number of hydrogen-bond donors (Lipinski definition) is 3. The summed E-state index contributed by atoms with van der Waals surface area (Å²) in [6.45, 7) is 0.869. The van der Waals surface area contributed by atoms with E-state index in [1.807, 2.05) is 30.3 Å². The number of carboxylic acids is 1. The fraction of sp³-hybridized carbons (Fsp3) is 0.429. The highest BCUT2D eigenvalue weighted by atomic mass is 32.2. The summed E-state index contributed by atoms with van der Waals surface area (Å²) in [6.07, 6.45) is 1.01. The Morgan fingerprint density at radius 2 is 1.95 bits per heavy atom. The van der Waals surface area contributed by atoms with Crippen LogP contribution < -0.4 is 5.32 Å². The average Bonchev–Trinajstić information content (AvgIpc) is 2.42. The molecule has 1 atom stereocenters. The smallest absolute Gasteiger partial charge is 0.337 e. The lowest BCUT2D eigenvalue weighted by atomic mass is 10.1. The van der Waals surface area contributed by atoms with Crippen molar-refractivity contribution in [2.75, 3.05) is 12.3 Å². The van der Waals surface area contributed by atoms with Crippen molar-refractivity contribution in [2.24, 2.45) is 0 Å². The van der Waals surface area contributed by atoms with Gasteiger partial charge in [-0.05, 0) is 31.2 Å². The minimum Gasteiger partial charge on any atom is -0.479 e. The molecule has 6 heteroatoms. The molecule has 0 heterocycles. The van der Waals surface area contributed by atoms with Gasteiger partial charge in [-0.25, -0.2) is 4.79 Å². The van der Waals surface area contributed by atoms with E-state index in [2.05, 4.69) is 5.32 Å². The molecule has 1 aromatic carbocycles. The first-order chi connectivity index (χ1) is 9.42. The lowest BCUT2D eigenvalue weighted by molar-refractivity contribution is -0.156. The van der Waals surface area contributed by atoms with Gasteiger partial charge < -0.3 is 15.5 Å². The van der Waals surface area contributed by atoms with Crippen molar-refractivity contribution in [2.45, 2.75) is 30.3 Å². The van der Waals surface area contributed by atoms with E-state index in [1.165, 1.54) is 0 Å². The number of nitrogens with one attached hydrogen (secondary N) is 1. The number of hydrogen-bond acceptors (Lipinski definition) is 4. The van der Waals surface area contributed by atoms with Crippen LogP contribution in [0.4, 0.5) is 0 Å². The second kappa shape index (κ2) is 7.91. The highest BCUT2D eigenvalue weighted by Gasteiger charge is 2.29. The molecule has 0 radical (unpaired) electrons. The van der Waals surface area contributed by atoms with E-state index in [9.17, 15) is 14.7 Å². The van der Waals surface area contributed by atoms with Crippen LogP contribution in [0.25, 0.3) is 0 Å². The first-order valence-electron chi connectivity index (χ1n) is 6.32. The maximum absolute atomic E-state index is 11.5. The van der Waals surface area contributed by atoms with Crippen LogP contribution in [0.1, 0.15) is 19.8 Å².